The molecule has 0 aliphatic carbocycles. The van der Waals surface area contributed by atoms with Crippen LogP contribution in [-0.4, -0.2) is 36.5 Å². The Morgan fingerprint density at radius 2 is 1.82 bits per heavy atom. The van der Waals surface area contributed by atoms with Crippen LogP contribution < -0.4 is 5.32 Å². The van der Waals surface area contributed by atoms with Gasteiger partial charge in [0, 0.05) is 16.5 Å². The molecule has 9 nitrogen and oxygen atoms in total. The predicted molar refractivity (Wildman–Crippen MR) is 102 cm³/mol. The molecule has 2 aromatic rings. The van der Waals surface area contributed by atoms with Crippen molar-refractivity contribution < 1.29 is 28.8 Å². The van der Waals surface area contributed by atoms with Crippen LogP contribution in [0.4, 0.5) is 10.7 Å². The molecule has 1 amide bonds. The number of benzene rings is 1. The average Bonchev–Trinajstić information content (AvgIpc) is 2.92. The highest BCUT2D eigenvalue weighted by atomic mass is 32.1. The number of methoxy groups -OCH3 is 1. The fourth-order valence-electron chi connectivity index (χ4n) is 2.48. The molecule has 1 aromatic carbocycles. The van der Waals surface area contributed by atoms with Crippen molar-refractivity contribution in [2.24, 2.45) is 0 Å². The summed E-state index contributed by atoms with van der Waals surface area (Å²) in [5.41, 5.74) is 0.872. The van der Waals surface area contributed by atoms with Crippen LogP contribution in [0.1, 0.15) is 36.7 Å². The van der Waals surface area contributed by atoms with E-state index in [1.54, 1.807) is 13.8 Å². The van der Waals surface area contributed by atoms with Crippen molar-refractivity contribution in [1.82, 2.24) is 0 Å². The van der Waals surface area contributed by atoms with Gasteiger partial charge in [-0.25, -0.2) is 9.59 Å². The number of thiophene rings is 1. The number of esters is 2. The fraction of sp³-hybridized carbons (Fsp3) is 0.278. The van der Waals surface area contributed by atoms with E-state index in [0.29, 0.717) is 10.6 Å². The Balaban J connectivity index is 2.09. The first-order chi connectivity index (χ1) is 13.2. The van der Waals surface area contributed by atoms with Gasteiger partial charge >= 0.3 is 11.9 Å². The largest absolute Gasteiger partial charge is 0.465 e. The van der Waals surface area contributed by atoms with Crippen molar-refractivity contribution in [2.75, 3.05) is 19.0 Å². The lowest BCUT2D eigenvalue weighted by molar-refractivity contribution is -0.385. The molecular weight excluding hydrogens is 388 g/mol. The Bertz CT molecular complexity index is 965. The van der Waals surface area contributed by atoms with Gasteiger partial charge in [0.15, 0.2) is 6.61 Å². The summed E-state index contributed by atoms with van der Waals surface area (Å²) in [5.74, 6) is -2.09. The lowest BCUT2D eigenvalue weighted by Gasteiger charge is -2.08. The van der Waals surface area contributed by atoms with E-state index in [2.05, 4.69) is 5.32 Å². The summed E-state index contributed by atoms with van der Waals surface area (Å²) >= 11 is 1.20. The number of rotatable bonds is 6. The number of ether oxygens (including phenoxy) is 2. The smallest absolute Gasteiger partial charge is 0.341 e. The Hall–Kier alpha value is -3.27. The molecule has 1 aromatic heterocycles. The van der Waals surface area contributed by atoms with Crippen LogP contribution in [0.25, 0.3) is 0 Å². The lowest BCUT2D eigenvalue weighted by atomic mass is 10.1. The molecule has 0 saturated heterocycles. The third-order valence-electron chi connectivity index (χ3n) is 4.08. The molecular formula is C18H18N2O7S. The highest BCUT2D eigenvalue weighted by molar-refractivity contribution is 7.16. The third kappa shape index (κ3) is 4.34. The van der Waals surface area contributed by atoms with Gasteiger partial charge in [0.05, 0.1) is 23.2 Å². The van der Waals surface area contributed by atoms with Gasteiger partial charge in [0.1, 0.15) is 5.00 Å². The fourth-order valence-corrected chi connectivity index (χ4v) is 3.54. The summed E-state index contributed by atoms with van der Waals surface area (Å²) in [6.45, 7) is 4.35. The van der Waals surface area contributed by atoms with E-state index in [1.165, 1.54) is 43.6 Å². The molecule has 1 heterocycles. The number of nitro groups is 1. The van der Waals surface area contributed by atoms with Crippen molar-refractivity contribution in [3.8, 4) is 0 Å². The maximum Gasteiger partial charge on any atom is 0.341 e. The van der Waals surface area contributed by atoms with Gasteiger partial charge in [0.25, 0.3) is 11.6 Å². The standard InChI is InChI=1S/C18H18N2O7S/c1-9-11(3)28-16(15(9)18(23)26-4)19-14(21)8-27-17(22)12-6-5-7-13(10(12)2)20(24)25/h5-7H,8H2,1-4H3,(H,19,21). The summed E-state index contributed by atoms with van der Waals surface area (Å²) < 4.78 is 9.68. The maximum absolute atomic E-state index is 12.2. The second-order valence-corrected chi connectivity index (χ2v) is 7.03. The SMILES string of the molecule is COC(=O)c1c(NC(=O)COC(=O)c2cccc([N+](=O)[O-])c2C)sc(C)c1C. The first kappa shape index (κ1) is 21.0. The molecule has 0 atom stereocenters. The van der Waals surface area contributed by atoms with Gasteiger partial charge in [-0.3, -0.25) is 14.9 Å². The third-order valence-corrected chi connectivity index (χ3v) is 5.21. The number of nitrogens with one attached hydrogen (secondary N) is 1. The molecule has 2 rings (SSSR count). The summed E-state index contributed by atoms with van der Waals surface area (Å²) in [7, 11) is 1.24. The zero-order valence-electron chi connectivity index (χ0n) is 15.7. The van der Waals surface area contributed by atoms with E-state index in [0.717, 1.165) is 4.88 Å². The zero-order chi connectivity index (χ0) is 21.0. The summed E-state index contributed by atoms with van der Waals surface area (Å²) in [5, 5.41) is 13.8. The van der Waals surface area contributed by atoms with Crippen molar-refractivity contribution >= 4 is 39.9 Å². The van der Waals surface area contributed by atoms with Gasteiger partial charge in [0.2, 0.25) is 0 Å². The minimum atomic E-state index is -0.858. The second-order valence-electron chi connectivity index (χ2n) is 5.81. The minimum absolute atomic E-state index is 0.0000577. The molecule has 0 aliphatic rings. The molecule has 0 saturated carbocycles. The summed E-state index contributed by atoms with van der Waals surface area (Å²) in [6, 6.07) is 4.01. The normalized spacial score (nSPS) is 10.3. The Kier molecular flexibility index (Phi) is 6.47. The molecule has 148 valence electrons. The number of hydrogen-bond donors (Lipinski definition) is 1. The monoisotopic (exact) mass is 406 g/mol. The molecule has 0 spiro atoms. The van der Waals surface area contributed by atoms with Gasteiger partial charge in [-0.2, -0.15) is 0 Å². The topological polar surface area (TPSA) is 125 Å². The van der Waals surface area contributed by atoms with E-state index in [-0.39, 0.29) is 22.4 Å². The molecule has 28 heavy (non-hydrogen) atoms. The van der Waals surface area contributed by atoms with E-state index in [1.807, 2.05) is 0 Å². The quantitative estimate of drug-likeness (QED) is 0.444. The number of amides is 1. The van der Waals surface area contributed by atoms with Crippen LogP contribution in [-0.2, 0) is 14.3 Å². The Morgan fingerprint density at radius 3 is 2.43 bits per heavy atom. The number of nitrogens with zero attached hydrogens (tertiary/aromatic N) is 1. The van der Waals surface area contributed by atoms with Crippen LogP contribution >= 0.6 is 11.3 Å². The number of aryl methyl sites for hydroxylation is 1. The van der Waals surface area contributed by atoms with Crippen molar-refractivity contribution in [3.05, 3.63) is 55.4 Å². The van der Waals surface area contributed by atoms with E-state index in [9.17, 15) is 24.5 Å². The highest BCUT2D eigenvalue weighted by Gasteiger charge is 2.23. The molecule has 0 fully saturated rings. The summed E-state index contributed by atoms with van der Waals surface area (Å²) in [6.07, 6.45) is 0. The van der Waals surface area contributed by atoms with Crippen molar-refractivity contribution in [2.45, 2.75) is 20.8 Å². The molecule has 0 aliphatic heterocycles. The second kappa shape index (κ2) is 8.61. The average molecular weight is 406 g/mol. The van der Waals surface area contributed by atoms with Crippen molar-refractivity contribution in [1.29, 1.82) is 0 Å². The minimum Gasteiger partial charge on any atom is -0.465 e. The molecule has 1 N–H and O–H groups in total. The van der Waals surface area contributed by atoms with Crippen LogP contribution in [0.15, 0.2) is 18.2 Å². The number of carbonyl (C=O) groups is 3. The molecule has 0 bridgehead atoms. The lowest BCUT2D eigenvalue weighted by Crippen LogP contribution is -2.22. The van der Waals surface area contributed by atoms with Crippen molar-refractivity contribution in [3.63, 3.8) is 0 Å². The van der Waals surface area contributed by atoms with Gasteiger partial charge in [-0.15, -0.1) is 11.3 Å². The van der Waals surface area contributed by atoms with Crippen LogP contribution in [0, 0.1) is 30.9 Å². The molecule has 0 unspecified atom stereocenters. The predicted octanol–water partition coefficient (Wildman–Crippen LogP) is 3.16. The highest BCUT2D eigenvalue weighted by Crippen LogP contribution is 2.32. The number of anilines is 1. The number of carbonyl (C=O) groups excluding carboxylic acids is 3. The first-order valence-corrected chi connectivity index (χ1v) is 8.88. The van der Waals surface area contributed by atoms with E-state index < -0.39 is 29.4 Å². The van der Waals surface area contributed by atoms with E-state index in [4.69, 9.17) is 9.47 Å². The van der Waals surface area contributed by atoms with Crippen LogP contribution in [0.3, 0.4) is 0 Å². The summed E-state index contributed by atoms with van der Waals surface area (Å²) in [4.78, 5) is 47.4. The Labute approximate surface area is 164 Å². The number of nitro benzene ring substituents is 1. The number of hydrogen-bond acceptors (Lipinski definition) is 8. The van der Waals surface area contributed by atoms with E-state index >= 15 is 0 Å². The van der Waals surface area contributed by atoms with Crippen LogP contribution in [0.5, 0.6) is 0 Å². The first-order valence-electron chi connectivity index (χ1n) is 8.06. The Morgan fingerprint density at radius 1 is 1.14 bits per heavy atom. The van der Waals surface area contributed by atoms with Gasteiger partial charge in [-0.05, 0) is 32.4 Å². The van der Waals surface area contributed by atoms with Gasteiger partial charge < -0.3 is 14.8 Å². The molecule has 0 radical (unpaired) electrons. The molecule has 10 heteroatoms. The zero-order valence-corrected chi connectivity index (χ0v) is 16.5. The maximum atomic E-state index is 12.2. The van der Waals surface area contributed by atoms with Gasteiger partial charge in [-0.1, -0.05) is 6.07 Å². The van der Waals surface area contributed by atoms with Crippen LogP contribution in [0.2, 0.25) is 0 Å².